The largest absolute Gasteiger partial charge is 0.385 e. The molecule has 0 bridgehead atoms. The molecule has 0 aliphatic rings. The summed E-state index contributed by atoms with van der Waals surface area (Å²) < 4.78 is 13.0. The van der Waals surface area contributed by atoms with Gasteiger partial charge in [-0.3, -0.25) is 0 Å². The Morgan fingerprint density at radius 2 is 2.06 bits per heavy atom. The highest BCUT2D eigenvalue weighted by atomic mass is 19.1. The van der Waals surface area contributed by atoms with Crippen LogP contribution in [-0.2, 0) is 0 Å². The van der Waals surface area contributed by atoms with Gasteiger partial charge in [-0.05, 0) is 31.0 Å². The van der Waals surface area contributed by atoms with Crippen LogP contribution in [0.1, 0.15) is 24.8 Å². The number of unbranched alkanes of at least 4 members (excludes halogenated alkanes) is 2. The smallest absolute Gasteiger partial charge is 0.141 e. The minimum Gasteiger partial charge on any atom is -0.385 e. The van der Waals surface area contributed by atoms with Crippen molar-refractivity contribution >= 4 is 5.69 Å². The van der Waals surface area contributed by atoms with Crippen molar-refractivity contribution in [2.24, 2.45) is 0 Å². The normalized spacial score (nSPS) is 9.19. The predicted molar refractivity (Wildman–Crippen MR) is 59.1 cm³/mol. The van der Waals surface area contributed by atoms with Crippen LogP contribution >= 0.6 is 0 Å². The lowest BCUT2D eigenvalue weighted by Gasteiger charge is -2.05. The second kappa shape index (κ2) is 6.42. The molecule has 0 atom stereocenters. The number of halogens is 1. The van der Waals surface area contributed by atoms with E-state index in [0.29, 0.717) is 6.42 Å². The molecule has 4 heteroatoms. The molecule has 0 saturated carbocycles. The zero-order valence-electron chi connectivity index (χ0n) is 8.83. The minimum atomic E-state index is -0.502. The summed E-state index contributed by atoms with van der Waals surface area (Å²) in [5.41, 5.74) is 0.775. The van der Waals surface area contributed by atoms with Crippen LogP contribution in [0, 0.1) is 28.5 Å². The molecule has 0 fully saturated rings. The van der Waals surface area contributed by atoms with Gasteiger partial charge in [0.25, 0.3) is 0 Å². The first-order valence-corrected chi connectivity index (χ1v) is 5.08. The lowest BCUT2D eigenvalue weighted by atomic mass is 10.2. The summed E-state index contributed by atoms with van der Waals surface area (Å²) in [6.45, 7) is 0.720. The molecule has 0 saturated heterocycles. The molecule has 0 unspecified atom stereocenters. The molecule has 1 aromatic carbocycles. The van der Waals surface area contributed by atoms with Crippen molar-refractivity contribution in [2.45, 2.75) is 19.3 Å². The van der Waals surface area contributed by atoms with E-state index in [2.05, 4.69) is 11.4 Å². The molecule has 1 rings (SSSR count). The van der Waals surface area contributed by atoms with Crippen molar-refractivity contribution in [1.82, 2.24) is 0 Å². The number of hydrogen-bond acceptors (Lipinski definition) is 3. The fourth-order valence-corrected chi connectivity index (χ4v) is 1.28. The Balaban J connectivity index is 2.44. The van der Waals surface area contributed by atoms with Crippen LogP contribution in [0.3, 0.4) is 0 Å². The van der Waals surface area contributed by atoms with Crippen LogP contribution in [0.15, 0.2) is 18.2 Å². The van der Waals surface area contributed by atoms with Crippen molar-refractivity contribution in [1.29, 1.82) is 10.5 Å². The Bertz CT molecular complexity index is 429. The van der Waals surface area contributed by atoms with Gasteiger partial charge in [0, 0.05) is 18.7 Å². The molecule has 1 aromatic rings. The number of anilines is 1. The molecule has 3 nitrogen and oxygen atoms in total. The number of nitrogens with zero attached hydrogens (tertiary/aromatic N) is 2. The summed E-state index contributed by atoms with van der Waals surface area (Å²) in [6, 6.07) is 8.22. The van der Waals surface area contributed by atoms with Gasteiger partial charge in [-0.15, -0.1) is 0 Å². The third kappa shape index (κ3) is 3.59. The number of hydrogen-bond donors (Lipinski definition) is 1. The molecule has 0 spiro atoms. The molecule has 82 valence electrons. The fraction of sp³-hybridized carbons (Fsp3) is 0.333. The Morgan fingerprint density at radius 1 is 1.25 bits per heavy atom. The summed E-state index contributed by atoms with van der Waals surface area (Å²) in [4.78, 5) is 0. The summed E-state index contributed by atoms with van der Waals surface area (Å²) in [5.74, 6) is -0.502. The number of nitriles is 2. The van der Waals surface area contributed by atoms with E-state index < -0.39 is 5.82 Å². The first kappa shape index (κ1) is 12.0. The van der Waals surface area contributed by atoms with E-state index in [1.165, 1.54) is 12.1 Å². The first-order chi connectivity index (χ1) is 7.77. The van der Waals surface area contributed by atoms with Gasteiger partial charge in [0.2, 0.25) is 0 Å². The minimum absolute atomic E-state index is 0.0435. The van der Waals surface area contributed by atoms with Gasteiger partial charge in [-0.1, -0.05) is 0 Å². The molecular formula is C12H12FN3. The maximum Gasteiger partial charge on any atom is 0.141 e. The van der Waals surface area contributed by atoms with Gasteiger partial charge in [-0.2, -0.15) is 10.5 Å². The molecule has 0 aliphatic heterocycles. The van der Waals surface area contributed by atoms with Crippen molar-refractivity contribution in [3.05, 3.63) is 29.6 Å². The third-order valence-electron chi connectivity index (χ3n) is 2.13. The topological polar surface area (TPSA) is 59.6 Å². The molecule has 1 N–H and O–H groups in total. The van der Waals surface area contributed by atoms with Crippen molar-refractivity contribution < 1.29 is 4.39 Å². The summed E-state index contributed by atoms with van der Waals surface area (Å²) in [7, 11) is 0. The summed E-state index contributed by atoms with van der Waals surface area (Å²) in [5, 5.41) is 20.0. The SMILES string of the molecule is N#CCCCCNc1ccc(F)c(C#N)c1. The number of rotatable bonds is 5. The Hall–Kier alpha value is -2.07. The standard InChI is InChI=1S/C12H12FN3/c13-12-5-4-11(8-10(12)9-15)16-7-3-1-2-6-14/h4-5,8,16H,1-3,7H2. The van der Waals surface area contributed by atoms with Gasteiger partial charge in [0.05, 0.1) is 11.6 Å². The highest BCUT2D eigenvalue weighted by molar-refractivity contribution is 5.49. The Labute approximate surface area is 94.1 Å². The highest BCUT2D eigenvalue weighted by Crippen LogP contribution is 2.13. The first-order valence-electron chi connectivity index (χ1n) is 5.08. The zero-order chi connectivity index (χ0) is 11.8. The third-order valence-corrected chi connectivity index (χ3v) is 2.13. The van der Waals surface area contributed by atoms with E-state index in [9.17, 15) is 4.39 Å². The summed E-state index contributed by atoms with van der Waals surface area (Å²) >= 11 is 0. The second-order valence-electron chi connectivity index (χ2n) is 3.35. The van der Waals surface area contributed by atoms with E-state index in [1.807, 2.05) is 0 Å². The van der Waals surface area contributed by atoms with E-state index in [4.69, 9.17) is 10.5 Å². The molecule has 0 heterocycles. The van der Waals surface area contributed by atoms with Gasteiger partial charge < -0.3 is 5.32 Å². The van der Waals surface area contributed by atoms with E-state index in [0.717, 1.165) is 25.1 Å². The van der Waals surface area contributed by atoms with Crippen LogP contribution in [0.25, 0.3) is 0 Å². The van der Waals surface area contributed by atoms with Gasteiger partial charge in [-0.25, -0.2) is 4.39 Å². The maximum atomic E-state index is 13.0. The molecule has 16 heavy (non-hydrogen) atoms. The quantitative estimate of drug-likeness (QED) is 0.771. The Kier molecular flexibility index (Phi) is 4.82. The van der Waals surface area contributed by atoms with Crippen molar-refractivity contribution in [2.75, 3.05) is 11.9 Å². The van der Waals surface area contributed by atoms with Crippen LogP contribution in [0.4, 0.5) is 10.1 Å². The maximum absolute atomic E-state index is 13.0. The monoisotopic (exact) mass is 217 g/mol. The average Bonchev–Trinajstić information content (AvgIpc) is 2.31. The lowest BCUT2D eigenvalue weighted by molar-refractivity contribution is 0.624. The fourth-order valence-electron chi connectivity index (χ4n) is 1.28. The van der Waals surface area contributed by atoms with E-state index in [1.54, 1.807) is 12.1 Å². The van der Waals surface area contributed by atoms with Gasteiger partial charge in [0.1, 0.15) is 11.9 Å². The molecule has 0 amide bonds. The summed E-state index contributed by atoms with van der Waals surface area (Å²) in [6.07, 6.45) is 2.27. The molecular weight excluding hydrogens is 205 g/mol. The van der Waals surface area contributed by atoms with Crippen LogP contribution < -0.4 is 5.32 Å². The predicted octanol–water partition coefficient (Wildman–Crippen LogP) is 2.80. The van der Waals surface area contributed by atoms with E-state index in [-0.39, 0.29) is 5.56 Å². The second-order valence-corrected chi connectivity index (χ2v) is 3.35. The molecule has 0 aliphatic carbocycles. The van der Waals surface area contributed by atoms with Crippen molar-refractivity contribution in [3.63, 3.8) is 0 Å². The highest BCUT2D eigenvalue weighted by Gasteiger charge is 2.01. The van der Waals surface area contributed by atoms with Crippen LogP contribution in [-0.4, -0.2) is 6.54 Å². The molecule has 0 aromatic heterocycles. The number of benzene rings is 1. The van der Waals surface area contributed by atoms with Gasteiger partial charge in [0.15, 0.2) is 0 Å². The average molecular weight is 217 g/mol. The van der Waals surface area contributed by atoms with Crippen molar-refractivity contribution in [3.8, 4) is 12.1 Å². The Morgan fingerprint density at radius 3 is 2.75 bits per heavy atom. The lowest BCUT2D eigenvalue weighted by Crippen LogP contribution is -2.01. The zero-order valence-corrected chi connectivity index (χ0v) is 8.83. The van der Waals surface area contributed by atoms with E-state index >= 15 is 0 Å². The number of nitrogens with one attached hydrogen (secondary N) is 1. The van der Waals surface area contributed by atoms with Gasteiger partial charge >= 0.3 is 0 Å². The van der Waals surface area contributed by atoms with Crippen LogP contribution in [0.5, 0.6) is 0 Å². The molecule has 0 radical (unpaired) electrons. The van der Waals surface area contributed by atoms with Crippen LogP contribution in [0.2, 0.25) is 0 Å².